The Bertz CT molecular complexity index is 153. The molecular formula is C7H13NO3. The summed E-state index contributed by atoms with van der Waals surface area (Å²) in [5.41, 5.74) is 5.73. The fourth-order valence-corrected chi connectivity index (χ4v) is 1.70. The maximum absolute atomic E-state index is 5.73. The van der Waals surface area contributed by atoms with E-state index in [0.29, 0.717) is 13.2 Å². The fraction of sp³-hybridized carbons (Fsp3) is 1.00. The topological polar surface area (TPSA) is 53.7 Å². The average Bonchev–Trinajstić information content (AvgIpc) is 2.53. The second-order valence-corrected chi connectivity index (χ2v) is 3.03. The molecule has 0 unspecified atom stereocenters. The van der Waals surface area contributed by atoms with Gasteiger partial charge in [0.2, 0.25) is 0 Å². The molecule has 2 heterocycles. The highest BCUT2D eigenvalue weighted by Crippen LogP contribution is 2.27. The van der Waals surface area contributed by atoms with Crippen molar-refractivity contribution >= 4 is 0 Å². The second-order valence-electron chi connectivity index (χ2n) is 3.03. The number of hydrogen-bond donors (Lipinski definition) is 1. The van der Waals surface area contributed by atoms with Crippen molar-refractivity contribution in [3.63, 3.8) is 0 Å². The maximum Gasteiger partial charge on any atom is 0.114 e. The van der Waals surface area contributed by atoms with Gasteiger partial charge in [-0.1, -0.05) is 0 Å². The standard InChI is InChI=1S/C7H13NO3/c1-9-5-3-11-6-4(8)2-10-7(5)6/h4-7H,2-3,8H2,1H3/t4-,5+,6+,7+/m0/s1. The molecule has 64 valence electrons. The lowest BCUT2D eigenvalue weighted by molar-refractivity contribution is -0.00777. The third kappa shape index (κ3) is 1.06. The third-order valence-corrected chi connectivity index (χ3v) is 2.35. The lowest BCUT2D eigenvalue weighted by atomic mass is 10.1. The van der Waals surface area contributed by atoms with Crippen LogP contribution in [0, 0.1) is 0 Å². The summed E-state index contributed by atoms with van der Waals surface area (Å²) in [5.74, 6) is 0. The molecular weight excluding hydrogens is 146 g/mol. The second kappa shape index (κ2) is 2.71. The average molecular weight is 159 g/mol. The molecule has 0 aromatic rings. The zero-order valence-corrected chi connectivity index (χ0v) is 6.53. The molecule has 0 saturated carbocycles. The van der Waals surface area contributed by atoms with E-state index in [-0.39, 0.29) is 24.4 Å². The van der Waals surface area contributed by atoms with Crippen LogP contribution in [0.4, 0.5) is 0 Å². The lowest BCUT2D eigenvalue weighted by Crippen LogP contribution is -2.36. The molecule has 11 heavy (non-hydrogen) atoms. The van der Waals surface area contributed by atoms with Gasteiger partial charge in [-0.3, -0.25) is 0 Å². The molecule has 2 rings (SSSR count). The molecule has 2 aliphatic rings. The normalized spacial score (nSPS) is 49.6. The summed E-state index contributed by atoms with van der Waals surface area (Å²) in [6, 6.07) is 0.0279. The molecule has 4 heteroatoms. The SMILES string of the molecule is CO[C@@H]1CO[C@H]2[C@@H]1OC[C@@H]2N. The molecule has 0 spiro atoms. The van der Waals surface area contributed by atoms with Crippen molar-refractivity contribution < 1.29 is 14.2 Å². The molecule has 0 aliphatic carbocycles. The lowest BCUT2D eigenvalue weighted by Gasteiger charge is -2.13. The van der Waals surface area contributed by atoms with E-state index >= 15 is 0 Å². The van der Waals surface area contributed by atoms with Crippen molar-refractivity contribution in [2.45, 2.75) is 24.4 Å². The van der Waals surface area contributed by atoms with Crippen molar-refractivity contribution in [2.75, 3.05) is 20.3 Å². The van der Waals surface area contributed by atoms with E-state index in [1.807, 2.05) is 0 Å². The predicted octanol–water partition coefficient (Wildman–Crippen LogP) is -0.874. The Balaban J connectivity index is 2.04. The quantitative estimate of drug-likeness (QED) is 0.540. The van der Waals surface area contributed by atoms with Crippen molar-refractivity contribution in [3.05, 3.63) is 0 Å². The predicted molar refractivity (Wildman–Crippen MR) is 38.3 cm³/mol. The first kappa shape index (κ1) is 7.49. The van der Waals surface area contributed by atoms with Gasteiger partial charge in [0.15, 0.2) is 0 Å². The minimum Gasteiger partial charge on any atom is -0.376 e. The number of hydrogen-bond acceptors (Lipinski definition) is 4. The summed E-state index contributed by atoms with van der Waals surface area (Å²) in [5, 5.41) is 0. The van der Waals surface area contributed by atoms with Gasteiger partial charge < -0.3 is 19.9 Å². The molecule has 0 bridgehead atoms. The van der Waals surface area contributed by atoms with Crippen LogP contribution in [-0.4, -0.2) is 44.7 Å². The van der Waals surface area contributed by atoms with Gasteiger partial charge in [0.1, 0.15) is 18.3 Å². The highest BCUT2D eigenvalue weighted by molar-refractivity contribution is 4.96. The summed E-state index contributed by atoms with van der Waals surface area (Å²) in [6.07, 6.45) is 0.198. The van der Waals surface area contributed by atoms with Crippen LogP contribution in [0.15, 0.2) is 0 Å². The first-order valence-electron chi connectivity index (χ1n) is 3.84. The van der Waals surface area contributed by atoms with Crippen LogP contribution < -0.4 is 5.73 Å². The van der Waals surface area contributed by atoms with E-state index in [4.69, 9.17) is 19.9 Å². The van der Waals surface area contributed by atoms with Gasteiger partial charge >= 0.3 is 0 Å². The van der Waals surface area contributed by atoms with Crippen molar-refractivity contribution in [3.8, 4) is 0 Å². The van der Waals surface area contributed by atoms with Crippen LogP contribution in [0.3, 0.4) is 0 Å². The van der Waals surface area contributed by atoms with E-state index in [0.717, 1.165) is 0 Å². The Labute approximate surface area is 65.6 Å². The van der Waals surface area contributed by atoms with E-state index in [1.165, 1.54) is 0 Å². The molecule has 0 aromatic carbocycles. The zero-order valence-electron chi connectivity index (χ0n) is 6.53. The monoisotopic (exact) mass is 159 g/mol. The summed E-state index contributed by atoms with van der Waals surface area (Å²) >= 11 is 0. The first-order valence-corrected chi connectivity index (χ1v) is 3.84. The third-order valence-electron chi connectivity index (χ3n) is 2.35. The molecule has 4 atom stereocenters. The van der Waals surface area contributed by atoms with Crippen molar-refractivity contribution in [1.29, 1.82) is 0 Å². The summed E-state index contributed by atoms with van der Waals surface area (Å²) in [4.78, 5) is 0. The Morgan fingerprint density at radius 1 is 1.27 bits per heavy atom. The number of methoxy groups -OCH3 is 1. The largest absolute Gasteiger partial charge is 0.376 e. The van der Waals surface area contributed by atoms with Crippen LogP contribution in [0.2, 0.25) is 0 Å². The Kier molecular flexibility index (Phi) is 1.85. The van der Waals surface area contributed by atoms with Crippen LogP contribution in [-0.2, 0) is 14.2 Å². The highest BCUT2D eigenvalue weighted by atomic mass is 16.6. The minimum atomic E-state index is 0.0279. The first-order chi connectivity index (χ1) is 5.33. The van der Waals surface area contributed by atoms with Gasteiger partial charge in [-0.05, 0) is 0 Å². The molecule has 0 amide bonds. The fourth-order valence-electron chi connectivity index (χ4n) is 1.70. The zero-order chi connectivity index (χ0) is 7.84. The van der Waals surface area contributed by atoms with Crippen LogP contribution in [0.25, 0.3) is 0 Å². The van der Waals surface area contributed by atoms with Crippen LogP contribution >= 0.6 is 0 Å². The minimum absolute atomic E-state index is 0.0279. The van der Waals surface area contributed by atoms with E-state index in [2.05, 4.69) is 0 Å². The van der Waals surface area contributed by atoms with Gasteiger partial charge in [-0.2, -0.15) is 0 Å². The molecule has 2 aliphatic heterocycles. The Morgan fingerprint density at radius 2 is 2.00 bits per heavy atom. The van der Waals surface area contributed by atoms with E-state index < -0.39 is 0 Å². The van der Waals surface area contributed by atoms with Gasteiger partial charge in [0.25, 0.3) is 0 Å². The van der Waals surface area contributed by atoms with E-state index in [9.17, 15) is 0 Å². The molecule has 0 radical (unpaired) electrons. The van der Waals surface area contributed by atoms with Gasteiger partial charge in [0.05, 0.1) is 19.3 Å². The molecule has 0 aromatic heterocycles. The molecule has 4 nitrogen and oxygen atoms in total. The smallest absolute Gasteiger partial charge is 0.114 e. The number of ether oxygens (including phenoxy) is 3. The Hall–Kier alpha value is -0.160. The van der Waals surface area contributed by atoms with Gasteiger partial charge in [0, 0.05) is 7.11 Å². The molecule has 2 fully saturated rings. The maximum atomic E-state index is 5.73. The summed E-state index contributed by atoms with van der Waals surface area (Å²) in [7, 11) is 1.67. The van der Waals surface area contributed by atoms with Gasteiger partial charge in [-0.25, -0.2) is 0 Å². The molecule has 2 N–H and O–H groups in total. The van der Waals surface area contributed by atoms with E-state index in [1.54, 1.807) is 7.11 Å². The van der Waals surface area contributed by atoms with Gasteiger partial charge in [-0.15, -0.1) is 0 Å². The van der Waals surface area contributed by atoms with Crippen LogP contribution in [0.5, 0.6) is 0 Å². The number of nitrogens with two attached hydrogens (primary N) is 1. The summed E-state index contributed by atoms with van der Waals surface area (Å²) in [6.45, 7) is 1.20. The number of fused-ring (bicyclic) bond motifs is 1. The van der Waals surface area contributed by atoms with Crippen LogP contribution in [0.1, 0.15) is 0 Å². The number of rotatable bonds is 1. The summed E-state index contributed by atoms with van der Waals surface area (Å²) < 4.78 is 16.0. The van der Waals surface area contributed by atoms with Crippen molar-refractivity contribution in [2.24, 2.45) is 5.73 Å². The van der Waals surface area contributed by atoms with Crippen molar-refractivity contribution in [1.82, 2.24) is 0 Å². The molecule has 2 saturated heterocycles. The highest BCUT2D eigenvalue weighted by Gasteiger charge is 2.46. The Morgan fingerprint density at radius 3 is 2.73 bits per heavy atom.